The zero-order valence-electron chi connectivity index (χ0n) is 7.79. The summed E-state index contributed by atoms with van der Waals surface area (Å²) in [4.78, 5) is 11.4. The Labute approximate surface area is 74.8 Å². The van der Waals surface area contributed by atoms with Gasteiger partial charge in [0.15, 0.2) is 0 Å². The van der Waals surface area contributed by atoms with E-state index < -0.39 is 0 Å². The smallest absolute Gasteiger partial charge is 0.347 e. The van der Waals surface area contributed by atoms with Gasteiger partial charge in [-0.05, 0) is 13.8 Å². The molecule has 0 radical (unpaired) electrons. The van der Waals surface area contributed by atoms with E-state index in [1.807, 2.05) is 13.1 Å². The Morgan fingerprint density at radius 2 is 2.15 bits per heavy atom. The van der Waals surface area contributed by atoms with E-state index in [4.69, 9.17) is 4.42 Å². The highest BCUT2D eigenvalue weighted by molar-refractivity contribution is 5.80. The maximum absolute atomic E-state index is 11.4. The Kier molecular flexibility index (Phi) is 1.52. The van der Waals surface area contributed by atoms with Crippen LogP contribution in [0, 0.1) is 13.8 Å². The summed E-state index contributed by atoms with van der Waals surface area (Å²) in [6, 6.07) is 1.82. The van der Waals surface area contributed by atoms with E-state index in [1.165, 1.54) is 0 Å². The van der Waals surface area contributed by atoms with Crippen LogP contribution >= 0.6 is 0 Å². The van der Waals surface area contributed by atoms with Gasteiger partial charge >= 0.3 is 5.63 Å². The summed E-state index contributed by atoms with van der Waals surface area (Å²) in [6.07, 6.45) is 0. The summed E-state index contributed by atoms with van der Waals surface area (Å²) in [6.45, 7) is 3.55. The highest BCUT2D eigenvalue weighted by atomic mass is 16.4. The van der Waals surface area contributed by atoms with E-state index in [1.54, 1.807) is 18.5 Å². The average molecular weight is 178 g/mol. The Bertz CT molecular complexity index is 522. The molecule has 0 fully saturated rings. The summed E-state index contributed by atoms with van der Waals surface area (Å²) >= 11 is 0. The molecule has 4 heteroatoms. The molecule has 0 aliphatic rings. The van der Waals surface area contributed by atoms with E-state index >= 15 is 0 Å². The Hall–Kier alpha value is -1.58. The van der Waals surface area contributed by atoms with Crippen LogP contribution in [-0.2, 0) is 7.05 Å². The maximum Gasteiger partial charge on any atom is 0.347 e. The summed E-state index contributed by atoms with van der Waals surface area (Å²) < 4.78 is 6.66. The van der Waals surface area contributed by atoms with Crippen molar-refractivity contribution >= 4 is 10.9 Å². The van der Waals surface area contributed by atoms with Gasteiger partial charge in [0.25, 0.3) is 0 Å². The number of hydrogen-bond acceptors (Lipinski definition) is 3. The molecule has 0 atom stereocenters. The number of rotatable bonds is 0. The third-order valence-electron chi connectivity index (χ3n) is 2.06. The summed E-state index contributed by atoms with van der Waals surface area (Å²) in [7, 11) is 1.81. The highest BCUT2D eigenvalue weighted by Gasteiger charge is 2.10. The lowest BCUT2D eigenvalue weighted by molar-refractivity contribution is 0.488. The second-order valence-corrected chi connectivity index (χ2v) is 3.11. The molecule has 0 aromatic carbocycles. The number of hydrogen-bond donors (Lipinski definition) is 0. The lowest BCUT2D eigenvalue weighted by atomic mass is 10.2. The Morgan fingerprint density at radius 1 is 1.46 bits per heavy atom. The molecule has 68 valence electrons. The second-order valence-electron chi connectivity index (χ2n) is 3.11. The molecule has 0 aliphatic heterocycles. The van der Waals surface area contributed by atoms with Crippen molar-refractivity contribution < 1.29 is 4.42 Å². The molecule has 0 saturated carbocycles. The maximum atomic E-state index is 11.4. The first-order chi connectivity index (χ1) is 6.09. The first-order valence-corrected chi connectivity index (χ1v) is 4.03. The van der Waals surface area contributed by atoms with E-state index in [0.717, 1.165) is 5.52 Å². The molecular weight excluding hydrogens is 168 g/mol. The van der Waals surface area contributed by atoms with Crippen LogP contribution in [0.25, 0.3) is 10.9 Å². The minimum atomic E-state index is -0.305. The zero-order valence-corrected chi connectivity index (χ0v) is 7.79. The number of aryl methyl sites for hydroxylation is 3. The molecule has 2 heterocycles. The predicted octanol–water partition coefficient (Wildman–Crippen LogP) is 1.14. The third kappa shape index (κ3) is 1.06. The fourth-order valence-corrected chi connectivity index (χ4v) is 1.51. The molecule has 13 heavy (non-hydrogen) atoms. The van der Waals surface area contributed by atoms with E-state index in [2.05, 4.69) is 5.10 Å². The van der Waals surface area contributed by atoms with Gasteiger partial charge in [0, 0.05) is 13.1 Å². The third-order valence-corrected chi connectivity index (χ3v) is 2.06. The average Bonchev–Trinajstić information content (AvgIpc) is 2.27. The standard InChI is InChI=1S/C9H10N2O2/c1-5-4-7-8(9(12)13-5)6(2)10-11(7)3/h4H,1-3H3. The van der Waals surface area contributed by atoms with Crippen LogP contribution in [0.3, 0.4) is 0 Å². The molecule has 2 rings (SSSR count). The minimum absolute atomic E-state index is 0.305. The fraction of sp³-hybridized carbons (Fsp3) is 0.333. The lowest BCUT2D eigenvalue weighted by Gasteiger charge is -1.93. The van der Waals surface area contributed by atoms with E-state index in [9.17, 15) is 4.79 Å². The van der Waals surface area contributed by atoms with Crippen LogP contribution in [0.15, 0.2) is 15.3 Å². The second kappa shape index (κ2) is 2.45. The largest absolute Gasteiger partial charge is 0.428 e. The summed E-state index contributed by atoms with van der Waals surface area (Å²) in [5, 5.41) is 4.73. The van der Waals surface area contributed by atoms with Crippen molar-refractivity contribution in [2.75, 3.05) is 0 Å². The van der Waals surface area contributed by atoms with Crippen LogP contribution in [0.2, 0.25) is 0 Å². The van der Waals surface area contributed by atoms with E-state index in [0.29, 0.717) is 16.8 Å². The summed E-state index contributed by atoms with van der Waals surface area (Å²) in [5.74, 6) is 0.612. The van der Waals surface area contributed by atoms with Gasteiger partial charge in [0.05, 0.1) is 11.2 Å². The molecule has 2 aromatic heterocycles. The van der Waals surface area contributed by atoms with Crippen LogP contribution in [0.5, 0.6) is 0 Å². The quantitative estimate of drug-likeness (QED) is 0.607. The SMILES string of the molecule is Cc1cc2c(c(C)nn2C)c(=O)o1. The van der Waals surface area contributed by atoms with Crippen LogP contribution < -0.4 is 5.63 Å². The molecular formula is C9H10N2O2. The van der Waals surface area contributed by atoms with E-state index in [-0.39, 0.29) is 5.63 Å². The molecule has 0 bridgehead atoms. The van der Waals surface area contributed by atoms with Crippen LogP contribution in [0.1, 0.15) is 11.5 Å². The number of aromatic nitrogens is 2. The van der Waals surface area contributed by atoms with Gasteiger partial charge < -0.3 is 4.42 Å². The molecule has 0 amide bonds. The van der Waals surface area contributed by atoms with Crippen molar-refractivity contribution in [3.8, 4) is 0 Å². The van der Waals surface area contributed by atoms with Crippen molar-refractivity contribution in [2.24, 2.45) is 7.05 Å². The van der Waals surface area contributed by atoms with Crippen molar-refractivity contribution in [1.82, 2.24) is 9.78 Å². The van der Waals surface area contributed by atoms with Gasteiger partial charge in [-0.3, -0.25) is 4.68 Å². The van der Waals surface area contributed by atoms with Crippen LogP contribution in [0.4, 0.5) is 0 Å². The molecule has 0 saturated heterocycles. The monoisotopic (exact) mass is 178 g/mol. The molecule has 0 aliphatic carbocycles. The first-order valence-electron chi connectivity index (χ1n) is 4.03. The zero-order chi connectivity index (χ0) is 9.59. The minimum Gasteiger partial charge on any atom is -0.428 e. The van der Waals surface area contributed by atoms with Crippen molar-refractivity contribution in [3.05, 3.63) is 27.9 Å². The van der Waals surface area contributed by atoms with Crippen LogP contribution in [-0.4, -0.2) is 9.78 Å². The number of nitrogens with zero attached hydrogens (tertiary/aromatic N) is 2. The molecule has 0 spiro atoms. The van der Waals surface area contributed by atoms with Gasteiger partial charge in [-0.1, -0.05) is 0 Å². The highest BCUT2D eigenvalue weighted by Crippen LogP contribution is 2.13. The first kappa shape index (κ1) is 8.04. The van der Waals surface area contributed by atoms with Crippen molar-refractivity contribution in [3.63, 3.8) is 0 Å². The Balaban J connectivity index is 3.06. The molecule has 0 N–H and O–H groups in total. The van der Waals surface area contributed by atoms with Crippen molar-refractivity contribution in [1.29, 1.82) is 0 Å². The fourth-order valence-electron chi connectivity index (χ4n) is 1.51. The van der Waals surface area contributed by atoms with Gasteiger partial charge in [0.1, 0.15) is 11.1 Å². The summed E-state index contributed by atoms with van der Waals surface area (Å²) in [5.41, 5.74) is 1.23. The molecule has 2 aromatic rings. The van der Waals surface area contributed by atoms with Gasteiger partial charge in [-0.15, -0.1) is 0 Å². The molecule has 4 nitrogen and oxygen atoms in total. The number of fused-ring (bicyclic) bond motifs is 1. The van der Waals surface area contributed by atoms with Gasteiger partial charge in [0.2, 0.25) is 0 Å². The van der Waals surface area contributed by atoms with Gasteiger partial charge in [-0.2, -0.15) is 5.10 Å². The predicted molar refractivity (Wildman–Crippen MR) is 48.7 cm³/mol. The topological polar surface area (TPSA) is 48.0 Å². The molecule has 0 unspecified atom stereocenters. The van der Waals surface area contributed by atoms with Crippen molar-refractivity contribution in [2.45, 2.75) is 13.8 Å². The lowest BCUT2D eigenvalue weighted by Crippen LogP contribution is -2.00. The Morgan fingerprint density at radius 3 is 2.85 bits per heavy atom. The normalized spacial score (nSPS) is 11.0. The van der Waals surface area contributed by atoms with Gasteiger partial charge in [-0.25, -0.2) is 4.79 Å².